The van der Waals surface area contributed by atoms with Gasteiger partial charge >= 0.3 is 0 Å². The predicted octanol–water partition coefficient (Wildman–Crippen LogP) is 13.3. The molecule has 2 heterocycles. The second-order valence-corrected chi connectivity index (χ2v) is 14.8. The molecule has 0 amide bonds. The molecular weight excluding hydrogens is 759 g/mol. The molecule has 0 bridgehead atoms. The van der Waals surface area contributed by atoms with Crippen molar-refractivity contribution in [1.29, 1.82) is 15.8 Å². The Balaban J connectivity index is 1.02. The Morgan fingerprint density at radius 1 is 0.403 bits per heavy atom. The number of benzene rings is 8. The average Bonchev–Trinajstić information content (AvgIpc) is 3.68. The van der Waals surface area contributed by atoms with Crippen molar-refractivity contribution >= 4 is 38.9 Å². The van der Waals surface area contributed by atoms with Crippen molar-refractivity contribution < 1.29 is 0 Å². The highest BCUT2D eigenvalue weighted by Crippen LogP contribution is 2.40. The van der Waals surface area contributed by atoms with Gasteiger partial charge in [-0.05, 0) is 108 Å². The number of nitriles is 3. The minimum atomic E-state index is 0.526. The number of hydrogen-bond acceptors (Lipinski definition) is 6. The van der Waals surface area contributed by atoms with Gasteiger partial charge in [0.05, 0.1) is 57.3 Å². The molecule has 8 aromatic carbocycles. The summed E-state index contributed by atoms with van der Waals surface area (Å²) in [6.07, 6.45) is 0. The van der Waals surface area contributed by atoms with Crippen LogP contribution in [0.1, 0.15) is 16.7 Å². The third kappa shape index (κ3) is 6.87. The van der Waals surface area contributed by atoms with E-state index < -0.39 is 0 Å². The lowest BCUT2D eigenvalue weighted by Crippen LogP contribution is -2.10. The van der Waals surface area contributed by atoms with E-state index in [0.717, 1.165) is 78.1 Å². The third-order valence-electron chi connectivity index (χ3n) is 11.1. The summed E-state index contributed by atoms with van der Waals surface area (Å²) in [4.78, 5) is 12.0. The van der Waals surface area contributed by atoms with Gasteiger partial charge in [-0.2, -0.15) is 15.8 Å². The predicted molar refractivity (Wildman–Crippen MR) is 247 cm³/mol. The summed E-state index contributed by atoms with van der Waals surface area (Å²) >= 11 is 0. The molecule has 0 fully saturated rings. The maximum atomic E-state index is 10.5. The Morgan fingerprint density at radius 3 is 1.61 bits per heavy atom. The van der Waals surface area contributed by atoms with Gasteiger partial charge in [-0.3, -0.25) is 0 Å². The normalized spacial score (nSPS) is 10.9. The first-order chi connectivity index (χ1) is 30.6. The standard InChI is InChI=1S/C55H33N7/c56-34-37-15-22-44(23-16-37)61(45-24-17-38(35-57)18-25-45)47-28-30-54-50(32-47)49-13-7-8-14-53(49)62(54)46-26-19-39(20-27-46)42-21-29-48(43(31-42)36-58)52-33-51(40-9-3-1-4-10-40)59-55(60-52)41-11-5-2-6-12-41/h1-33H. The second kappa shape index (κ2) is 15.9. The smallest absolute Gasteiger partial charge is 0.160 e. The molecule has 0 spiro atoms. The van der Waals surface area contributed by atoms with Gasteiger partial charge in [-0.25, -0.2) is 9.97 Å². The van der Waals surface area contributed by atoms with Crippen molar-refractivity contribution in [2.75, 3.05) is 4.90 Å². The Labute approximate surface area is 358 Å². The van der Waals surface area contributed by atoms with E-state index in [2.05, 4.69) is 94.4 Å². The van der Waals surface area contributed by atoms with E-state index in [1.165, 1.54) is 0 Å². The van der Waals surface area contributed by atoms with Crippen molar-refractivity contribution in [3.05, 3.63) is 217 Å². The summed E-state index contributed by atoms with van der Waals surface area (Å²) in [6, 6.07) is 73.1. The van der Waals surface area contributed by atoms with E-state index in [9.17, 15) is 15.8 Å². The molecule has 0 radical (unpaired) electrons. The number of anilines is 3. The van der Waals surface area contributed by atoms with Crippen LogP contribution >= 0.6 is 0 Å². The summed E-state index contributed by atoms with van der Waals surface area (Å²) in [5.41, 5.74) is 13.5. The minimum Gasteiger partial charge on any atom is -0.310 e. The first-order valence-corrected chi connectivity index (χ1v) is 20.1. The molecule has 0 atom stereocenters. The molecule has 0 saturated heterocycles. The van der Waals surface area contributed by atoms with Crippen LogP contribution in [0.5, 0.6) is 0 Å². The van der Waals surface area contributed by atoms with Crippen LogP contribution in [0, 0.1) is 34.0 Å². The summed E-state index contributed by atoms with van der Waals surface area (Å²) in [5.74, 6) is 0.599. The first-order valence-electron chi connectivity index (χ1n) is 20.1. The maximum absolute atomic E-state index is 10.5. The zero-order chi connectivity index (χ0) is 42.0. The molecule has 0 N–H and O–H groups in total. The van der Waals surface area contributed by atoms with E-state index in [1.54, 1.807) is 0 Å². The number of rotatable bonds is 8. The van der Waals surface area contributed by atoms with Crippen molar-refractivity contribution in [1.82, 2.24) is 14.5 Å². The van der Waals surface area contributed by atoms with Gasteiger partial charge < -0.3 is 9.47 Å². The van der Waals surface area contributed by atoms with E-state index in [0.29, 0.717) is 28.2 Å². The number of hydrogen-bond donors (Lipinski definition) is 0. The van der Waals surface area contributed by atoms with Gasteiger partial charge in [0, 0.05) is 50.2 Å². The molecule has 62 heavy (non-hydrogen) atoms. The summed E-state index contributed by atoms with van der Waals surface area (Å²) in [6.45, 7) is 0. The lowest BCUT2D eigenvalue weighted by molar-refractivity contribution is 1.18. The van der Waals surface area contributed by atoms with Crippen LogP contribution in [-0.4, -0.2) is 14.5 Å². The molecule has 2 aromatic heterocycles. The lowest BCUT2D eigenvalue weighted by atomic mass is 9.97. The number of nitrogens with zero attached hydrogens (tertiary/aromatic N) is 7. The summed E-state index contributed by atoms with van der Waals surface area (Å²) in [5, 5.41) is 31.7. The molecule has 10 rings (SSSR count). The highest BCUT2D eigenvalue weighted by atomic mass is 15.1. The van der Waals surface area contributed by atoms with Crippen molar-refractivity contribution in [3.8, 4) is 68.9 Å². The Morgan fingerprint density at radius 2 is 0.968 bits per heavy atom. The van der Waals surface area contributed by atoms with E-state index in [4.69, 9.17) is 9.97 Å². The first kappa shape index (κ1) is 37.2. The highest BCUT2D eigenvalue weighted by molar-refractivity contribution is 6.10. The van der Waals surface area contributed by atoms with Gasteiger partial charge in [0.25, 0.3) is 0 Å². The van der Waals surface area contributed by atoms with Gasteiger partial charge in [-0.15, -0.1) is 0 Å². The number of fused-ring (bicyclic) bond motifs is 3. The second-order valence-electron chi connectivity index (χ2n) is 14.8. The van der Waals surface area contributed by atoms with Gasteiger partial charge in [-0.1, -0.05) is 103 Å². The van der Waals surface area contributed by atoms with Crippen LogP contribution in [0.3, 0.4) is 0 Å². The van der Waals surface area contributed by atoms with Gasteiger partial charge in [0.2, 0.25) is 0 Å². The number of aromatic nitrogens is 3. The topological polar surface area (TPSA) is 105 Å². The Kier molecular flexibility index (Phi) is 9.56. The minimum absolute atomic E-state index is 0.526. The molecule has 0 saturated carbocycles. The van der Waals surface area contributed by atoms with Crippen LogP contribution < -0.4 is 4.90 Å². The fourth-order valence-electron chi connectivity index (χ4n) is 8.10. The van der Waals surface area contributed by atoms with Crippen molar-refractivity contribution in [3.63, 3.8) is 0 Å². The SMILES string of the molecule is N#Cc1ccc(N(c2ccc(C#N)cc2)c2ccc3c(c2)c2ccccc2n3-c2ccc(-c3ccc(-c4cc(-c5ccccc5)nc(-c5ccccc5)n4)c(C#N)c3)cc2)cc1. The molecule has 7 heteroatoms. The van der Waals surface area contributed by atoms with Crippen LogP contribution in [-0.2, 0) is 0 Å². The number of para-hydroxylation sites is 1. The maximum Gasteiger partial charge on any atom is 0.160 e. The van der Waals surface area contributed by atoms with E-state index in [1.807, 2.05) is 133 Å². The quantitative estimate of drug-likeness (QED) is 0.152. The average molecular weight is 792 g/mol. The monoisotopic (exact) mass is 791 g/mol. The Bertz CT molecular complexity index is 3290. The largest absolute Gasteiger partial charge is 0.310 e. The highest BCUT2D eigenvalue weighted by Gasteiger charge is 2.19. The molecule has 7 nitrogen and oxygen atoms in total. The summed E-state index contributed by atoms with van der Waals surface area (Å²) in [7, 11) is 0. The molecular formula is C55H33N7. The zero-order valence-electron chi connectivity index (χ0n) is 33.2. The summed E-state index contributed by atoms with van der Waals surface area (Å²) < 4.78 is 2.28. The molecule has 10 aromatic rings. The fraction of sp³-hybridized carbons (Fsp3) is 0. The fourth-order valence-corrected chi connectivity index (χ4v) is 8.10. The van der Waals surface area contributed by atoms with Crippen LogP contribution in [0.4, 0.5) is 17.1 Å². The van der Waals surface area contributed by atoms with Crippen LogP contribution in [0.25, 0.3) is 72.5 Å². The molecule has 0 aliphatic carbocycles. The molecule has 0 unspecified atom stereocenters. The Hall–Kier alpha value is -9.09. The van der Waals surface area contributed by atoms with Crippen LogP contribution in [0.2, 0.25) is 0 Å². The van der Waals surface area contributed by atoms with Crippen molar-refractivity contribution in [2.24, 2.45) is 0 Å². The zero-order valence-corrected chi connectivity index (χ0v) is 33.2. The van der Waals surface area contributed by atoms with Gasteiger partial charge in [0.1, 0.15) is 0 Å². The van der Waals surface area contributed by atoms with Crippen molar-refractivity contribution in [2.45, 2.75) is 0 Å². The lowest BCUT2D eigenvalue weighted by Gasteiger charge is -2.25. The molecule has 288 valence electrons. The van der Waals surface area contributed by atoms with E-state index >= 15 is 0 Å². The van der Waals surface area contributed by atoms with Crippen LogP contribution in [0.15, 0.2) is 200 Å². The molecule has 0 aliphatic rings. The van der Waals surface area contributed by atoms with Gasteiger partial charge in [0.15, 0.2) is 5.82 Å². The third-order valence-corrected chi connectivity index (χ3v) is 11.1. The molecule has 0 aliphatic heterocycles. The van der Waals surface area contributed by atoms with E-state index in [-0.39, 0.29) is 0 Å².